The third-order valence-corrected chi connectivity index (χ3v) is 7.63. The van der Waals surface area contributed by atoms with Crippen LogP contribution in [0.3, 0.4) is 0 Å². The second-order valence-electron chi connectivity index (χ2n) is 9.52. The van der Waals surface area contributed by atoms with E-state index in [1.165, 1.54) is 12.1 Å². The lowest BCUT2D eigenvalue weighted by Crippen LogP contribution is -2.55. The number of hydrogen-bond donors (Lipinski definition) is 2. The summed E-state index contributed by atoms with van der Waals surface area (Å²) in [7, 11) is 0. The first kappa shape index (κ1) is 25.5. The Bertz CT molecular complexity index is 1020. The number of carbonyl (C=O) groups is 4. The smallest absolute Gasteiger partial charge is 0.350 e. The van der Waals surface area contributed by atoms with E-state index in [-0.39, 0.29) is 35.7 Å². The van der Waals surface area contributed by atoms with Gasteiger partial charge in [-0.05, 0) is 49.7 Å². The summed E-state index contributed by atoms with van der Waals surface area (Å²) in [5, 5.41) is 5.16. The van der Waals surface area contributed by atoms with Gasteiger partial charge in [-0.3, -0.25) is 19.2 Å². The van der Waals surface area contributed by atoms with E-state index in [0.717, 1.165) is 23.5 Å². The number of likely N-dealkylation sites (tertiary alicyclic amines) is 1. The van der Waals surface area contributed by atoms with Crippen molar-refractivity contribution < 1.29 is 32.3 Å². The molecule has 1 aliphatic carbocycles. The lowest BCUT2D eigenvalue weighted by molar-refractivity contribution is -0.162. The van der Waals surface area contributed by atoms with Gasteiger partial charge in [-0.2, -0.15) is 8.78 Å². The molecule has 0 unspecified atom stereocenters. The number of hydrogen-bond acceptors (Lipinski definition) is 4. The zero-order valence-corrected chi connectivity index (χ0v) is 19.7. The van der Waals surface area contributed by atoms with Crippen molar-refractivity contribution in [1.29, 1.82) is 0 Å². The van der Waals surface area contributed by atoms with Crippen LogP contribution in [0.1, 0.15) is 37.7 Å². The van der Waals surface area contributed by atoms with Crippen LogP contribution in [-0.4, -0.2) is 60.3 Å². The second-order valence-corrected chi connectivity index (χ2v) is 9.95. The van der Waals surface area contributed by atoms with Gasteiger partial charge in [0.25, 0.3) is 5.91 Å². The van der Waals surface area contributed by atoms with Gasteiger partial charge in [0.15, 0.2) is 5.78 Å². The van der Waals surface area contributed by atoms with Crippen LogP contribution in [0.5, 0.6) is 0 Å². The largest absolute Gasteiger partial charge is 0.356 e. The molecular weight excluding hydrogens is 487 g/mol. The normalized spacial score (nSPS) is 26.9. The number of benzene rings is 1. The molecule has 1 aromatic carbocycles. The first-order valence-corrected chi connectivity index (χ1v) is 12.1. The van der Waals surface area contributed by atoms with Gasteiger partial charge in [-0.1, -0.05) is 30.2 Å². The van der Waals surface area contributed by atoms with Crippen molar-refractivity contribution in [2.75, 3.05) is 19.8 Å². The topological polar surface area (TPSA) is 95.6 Å². The molecule has 35 heavy (non-hydrogen) atoms. The van der Waals surface area contributed by atoms with E-state index in [2.05, 4.69) is 10.6 Å². The molecule has 3 fully saturated rings. The van der Waals surface area contributed by atoms with Crippen LogP contribution in [-0.2, 0) is 25.1 Å². The first-order valence-electron chi connectivity index (χ1n) is 11.7. The van der Waals surface area contributed by atoms with Crippen molar-refractivity contribution in [3.8, 4) is 0 Å². The van der Waals surface area contributed by atoms with Gasteiger partial charge in [0, 0.05) is 29.6 Å². The molecule has 0 spiro atoms. The Morgan fingerprint density at radius 1 is 1.23 bits per heavy atom. The molecular formula is C24H27ClF3N3O4. The van der Waals surface area contributed by atoms with Gasteiger partial charge in [0.05, 0.1) is 6.04 Å². The third-order valence-electron chi connectivity index (χ3n) is 7.40. The predicted octanol–water partition coefficient (Wildman–Crippen LogP) is 2.61. The summed E-state index contributed by atoms with van der Waals surface area (Å²) in [5.41, 5.74) is -0.580. The highest BCUT2D eigenvalue weighted by Crippen LogP contribution is 2.44. The van der Waals surface area contributed by atoms with Crippen molar-refractivity contribution >= 4 is 35.1 Å². The molecule has 2 aliphatic heterocycles. The highest BCUT2D eigenvalue weighted by Gasteiger charge is 2.55. The first-order chi connectivity index (χ1) is 16.6. The Labute approximate surface area is 205 Å². The molecule has 4 rings (SSSR count). The summed E-state index contributed by atoms with van der Waals surface area (Å²) in [6, 6.07) is 2.33. The van der Waals surface area contributed by atoms with Gasteiger partial charge in [0.1, 0.15) is 12.7 Å². The summed E-state index contributed by atoms with van der Waals surface area (Å²) in [6.45, 7) is -0.933. The Hall–Kier alpha value is -2.62. The minimum Gasteiger partial charge on any atom is -0.356 e. The van der Waals surface area contributed by atoms with Crippen molar-refractivity contribution in [3.05, 3.63) is 34.9 Å². The highest BCUT2D eigenvalue weighted by atomic mass is 35.5. The molecule has 1 aromatic rings. The van der Waals surface area contributed by atoms with Crippen LogP contribution in [0.25, 0.3) is 0 Å². The fraction of sp³-hybridized carbons (Fsp3) is 0.583. The van der Waals surface area contributed by atoms with Gasteiger partial charge < -0.3 is 15.5 Å². The number of amides is 3. The number of nitrogens with one attached hydrogen (secondary N) is 2. The maximum absolute atomic E-state index is 15.2. The minimum atomic E-state index is -3.92. The van der Waals surface area contributed by atoms with Crippen LogP contribution in [0.4, 0.5) is 13.2 Å². The number of Topliss-reactive ketones (excluding diaryl/α,β-unsaturated/α-hetero) is 1. The van der Waals surface area contributed by atoms with E-state index >= 15 is 8.78 Å². The van der Waals surface area contributed by atoms with E-state index in [9.17, 15) is 23.6 Å². The molecule has 5 atom stereocenters. The molecule has 2 N–H and O–H groups in total. The maximum Gasteiger partial charge on any atom is 0.350 e. The third kappa shape index (κ3) is 5.03. The average Bonchev–Trinajstić information content (AvgIpc) is 3.53. The molecule has 0 radical (unpaired) electrons. The predicted molar refractivity (Wildman–Crippen MR) is 120 cm³/mol. The Balaban J connectivity index is 1.57. The van der Waals surface area contributed by atoms with Gasteiger partial charge >= 0.3 is 5.92 Å². The molecule has 11 heteroatoms. The van der Waals surface area contributed by atoms with E-state index in [0.29, 0.717) is 25.8 Å². The van der Waals surface area contributed by atoms with E-state index in [1.807, 2.05) is 0 Å². The van der Waals surface area contributed by atoms with Crippen LogP contribution >= 0.6 is 11.6 Å². The average molecular weight is 514 g/mol. The zero-order valence-electron chi connectivity index (χ0n) is 18.9. The quantitative estimate of drug-likeness (QED) is 0.558. The lowest BCUT2D eigenvalue weighted by atomic mass is 9.92. The molecule has 1 saturated carbocycles. The minimum absolute atomic E-state index is 0.00943. The Morgan fingerprint density at radius 2 is 2.00 bits per heavy atom. The van der Waals surface area contributed by atoms with Crippen LogP contribution in [0, 0.1) is 17.8 Å². The number of fused-ring (bicyclic) bond motifs is 1. The van der Waals surface area contributed by atoms with Crippen molar-refractivity contribution in [2.45, 2.75) is 50.1 Å². The van der Waals surface area contributed by atoms with Crippen LogP contribution < -0.4 is 10.6 Å². The molecule has 3 amide bonds. The number of alkyl halides is 3. The van der Waals surface area contributed by atoms with Gasteiger partial charge in [-0.25, -0.2) is 4.39 Å². The van der Waals surface area contributed by atoms with E-state index in [4.69, 9.17) is 11.6 Å². The lowest BCUT2D eigenvalue weighted by Gasteiger charge is -2.31. The Kier molecular flexibility index (Phi) is 7.40. The standard InChI is InChI=1S/C24H27ClF3N3O4/c25-16-5-2-4-15(10-16)24(27,28)23(35)31-12-14-3-1-6-17(14)20(31)22(34)30-18(19(32)11-26)9-13-7-8-29-21(13)33/h2,4-5,10,13-14,17-18,20H,1,3,6-9,11-12H2,(H,29,33)(H,30,34)/t13-,14+,17+,18-,20-/m0/s1. The van der Waals surface area contributed by atoms with E-state index < -0.39 is 53.8 Å². The summed E-state index contributed by atoms with van der Waals surface area (Å²) in [5.74, 6) is -8.43. The van der Waals surface area contributed by atoms with E-state index in [1.54, 1.807) is 0 Å². The zero-order chi connectivity index (χ0) is 25.3. The van der Waals surface area contributed by atoms with Crippen molar-refractivity contribution in [3.63, 3.8) is 0 Å². The van der Waals surface area contributed by atoms with Gasteiger partial charge in [0.2, 0.25) is 11.8 Å². The maximum atomic E-state index is 15.2. The molecule has 2 saturated heterocycles. The number of halogens is 4. The fourth-order valence-electron chi connectivity index (χ4n) is 5.61. The fourth-order valence-corrected chi connectivity index (χ4v) is 5.80. The van der Waals surface area contributed by atoms with Gasteiger partial charge in [-0.15, -0.1) is 0 Å². The molecule has 2 heterocycles. The van der Waals surface area contributed by atoms with Crippen molar-refractivity contribution in [2.24, 2.45) is 17.8 Å². The number of rotatable bonds is 8. The molecule has 0 aromatic heterocycles. The van der Waals surface area contributed by atoms with Crippen LogP contribution in [0.15, 0.2) is 24.3 Å². The molecule has 0 bridgehead atoms. The number of ketones is 1. The summed E-state index contributed by atoms with van der Waals surface area (Å²) < 4.78 is 43.7. The SMILES string of the molecule is O=C1NCC[C@H]1C[C@H](NC(=O)[C@@H]1[C@@H]2CCC[C@@H]2CN1C(=O)C(F)(F)c1cccc(Cl)c1)C(=O)CF. The summed E-state index contributed by atoms with van der Waals surface area (Å²) >= 11 is 5.84. The summed E-state index contributed by atoms with van der Waals surface area (Å²) in [6.07, 6.45) is 2.40. The van der Waals surface area contributed by atoms with Crippen molar-refractivity contribution in [1.82, 2.24) is 15.5 Å². The highest BCUT2D eigenvalue weighted by molar-refractivity contribution is 6.30. The van der Waals surface area contributed by atoms with Crippen LogP contribution in [0.2, 0.25) is 5.02 Å². The summed E-state index contributed by atoms with van der Waals surface area (Å²) in [4.78, 5) is 51.5. The molecule has 190 valence electrons. The molecule has 7 nitrogen and oxygen atoms in total. The monoisotopic (exact) mass is 513 g/mol. The molecule has 3 aliphatic rings. The second kappa shape index (κ2) is 10.2. The number of carbonyl (C=O) groups excluding carboxylic acids is 4. The number of nitrogens with zero attached hydrogens (tertiary/aromatic N) is 1. The Morgan fingerprint density at radius 3 is 2.66 bits per heavy atom.